The van der Waals surface area contributed by atoms with E-state index in [1.54, 1.807) is 12.4 Å². The normalized spacial score (nSPS) is 10.3. The molecule has 130 valence electrons. The fourth-order valence-corrected chi connectivity index (χ4v) is 2.69. The van der Waals surface area contributed by atoms with Crippen LogP contribution in [0.4, 0.5) is 5.82 Å². The quantitative estimate of drug-likeness (QED) is 0.774. The molecule has 1 N–H and O–H groups in total. The zero-order chi connectivity index (χ0) is 18.7. The largest absolute Gasteiger partial charge is 0.366 e. The molecular weight excluding hydrogens is 330 g/mol. The van der Waals surface area contributed by atoms with E-state index in [1.165, 1.54) is 18.7 Å². The minimum absolute atomic E-state index is 0.0819. The molecule has 0 saturated carbocycles. The van der Waals surface area contributed by atoms with E-state index in [9.17, 15) is 14.9 Å². The Morgan fingerprint density at radius 2 is 1.81 bits per heavy atom. The Morgan fingerprint density at radius 1 is 1.08 bits per heavy atom. The van der Waals surface area contributed by atoms with Crippen LogP contribution in [0.25, 0.3) is 11.1 Å². The Balaban J connectivity index is 1.85. The van der Waals surface area contributed by atoms with E-state index in [-0.39, 0.29) is 11.4 Å². The highest BCUT2D eigenvalue weighted by Crippen LogP contribution is 2.19. The van der Waals surface area contributed by atoms with Crippen molar-refractivity contribution in [2.45, 2.75) is 6.54 Å². The molecular formula is C19H17N5O2. The summed E-state index contributed by atoms with van der Waals surface area (Å²) >= 11 is 0. The Hall–Kier alpha value is -3.66. The predicted molar refractivity (Wildman–Crippen MR) is 98.6 cm³/mol. The number of aromatic nitrogens is 3. The summed E-state index contributed by atoms with van der Waals surface area (Å²) in [4.78, 5) is 28.3. The zero-order valence-electron chi connectivity index (χ0n) is 14.4. The van der Waals surface area contributed by atoms with Crippen LogP contribution in [0, 0.1) is 11.3 Å². The van der Waals surface area contributed by atoms with Crippen LogP contribution >= 0.6 is 0 Å². The highest BCUT2D eigenvalue weighted by atomic mass is 16.2. The minimum Gasteiger partial charge on any atom is -0.366 e. The molecule has 2 aromatic heterocycles. The van der Waals surface area contributed by atoms with E-state index in [0.717, 1.165) is 21.3 Å². The lowest BCUT2D eigenvalue weighted by atomic mass is 10.1. The highest BCUT2D eigenvalue weighted by Gasteiger charge is 2.15. The van der Waals surface area contributed by atoms with Crippen LogP contribution in [0.5, 0.6) is 0 Å². The van der Waals surface area contributed by atoms with E-state index in [1.807, 2.05) is 42.5 Å². The van der Waals surface area contributed by atoms with Crippen molar-refractivity contribution in [3.8, 4) is 17.2 Å². The van der Waals surface area contributed by atoms with Gasteiger partial charge in [-0.05, 0) is 22.8 Å². The van der Waals surface area contributed by atoms with Gasteiger partial charge in [-0.1, -0.05) is 30.3 Å². The van der Waals surface area contributed by atoms with Crippen molar-refractivity contribution in [3.05, 3.63) is 80.8 Å². The van der Waals surface area contributed by atoms with Crippen molar-refractivity contribution in [3.63, 3.8) is 0 Å². The van der Waals surface area contributed by atoms with Gasteiger partial charge in [-0.2, -0.15) is 5.26 Å². The van der Waals surface area contributed by atoms with Crippen molar-refractivity contribution in [1.29, 1.82) is 5.26 Å². The minimum atomic E-state index is -0.606. The van der Waals surface area contributed by atoms with E-state index in [4.69, 9.17) is 0 Å². The Morgan fingerprint density at radius 3 is 2.42 bits per heavy atom. The number of benzene rings is 1. The van der Waals surface area contributed by atoms with Crippen molar-refractivity contribution < 1.29 is 0 Å². The third-order valence-electron chi connectivity index (χ3n) is 4.19. The predicted octanol–water partition coefficient (Wildman–Crippen LogP) is 1.63. The average molecular weight is 347 g/mol. The van der Waals surface area contributed by atoms with Gasteiger partial charge in [0.25, 0.3) is 5.56 Å². The molecule has 0 aliphatic carbocycles. The van der Waals surface area contributed by atoms with Gasteiger partial charge in [0.05, 0.1) is 0 Å². The lowest BCUT2D eigenvalue weighted by molar-refractivity contribution is 0.685. The molecule has 3 aromatic rings. The maximum absolute atomic E-state index is 12.1. The fourth-order valence-electron chi connectivity index (χ4n) is 2.69. The third-order valence-corrected chi connectivity index (χ3v) is 4.19. The smallest absolute Gasteiger partial charge is 0.332 e. The summed E-state index contributed by atoms with van der Waals surface area (Å²) < 4.78 is 2.19. The van der Waals surface area contributed by atoms with E-state index in [0.29, 0.717) is 6.54 Å². The number of hydrogen-bond donors (Lipinski definition) is 1. The van der Waals surface area contributed by atoms with Crippen molar-refractivity contribution in [2.75, 3.05) is 5.32 Å². The second-order valence-corrected chi connectivity index (χ2v) is 5.83. The Bertz CT molecular complexity index is 1090. The number of nitriles is 1. The van der Waals surface area contributed by atoms with Crippen molar-refractivity contribution in [1.82, 2.24) is 14.1 Å². The third kappa shape index (κ3) is 3.13. The lowest BCUT2D eigenvalue weighted by Crippen LogP contribution is -2.39. The van der Waals surface area contributed by atoms with Gasteiger partial charge < -0.3 is 5.32 Å². The molecule has 0 unspecified atom stereocenters. The van der Waals surface area contributed by atoms with Crippen LogP contribution in [0.2, 0.25) is 0 Å². The van der Waals surface area contributed by atoms with Crippen LogP contribution < -0.4 is 16.6 Å². The van der Waals surface area contributed by atoms with Gasteiger partial charge in [-0.25, -0.2) is 4.79 Å². The molecule has 2 heterocycles. The first-order valence-corrected chi connectivity index (χ1v) is 7.96. The standard InChI is InChI=1S/C19H17N5O2/c1-23-17(16(10-20)18(25)24(2)19(23)26)22-11-13-5-7-14(8-6-13)15-4-3-9-21-12-15/h3-9,12,22H,11H2,1-2H3. The molecule has 26 heavy (non-hydrogen) atoms. The van der Waals surface area contributed by atoms with E-state index >= 15 is 0 Å². The second-order valence-electron chi connectivity index (χ2n) is 5.83. The number of anilines is 1. The Labute approximate surface area is 149 Å². The molecule has 0 saturated heterocycles. The molecule has 0 fully saturated rings. The first kappa shape index (κ1) is 17.2. The van der Waals surface area contributed by atoms with Gasteiger partial charge >= 0.3 is 5.69 Å². The molecule has 0 aliphatic heterocycles. The lowest BCUT2D eigenvalue weighted by Gasteiger charge is -2.14. The number of pyridine rings is 1. The average Bonchev–Trinajstić information content (AvgIpc) is 2.69. The summed E-state index contributed by atoms with van der Waals surface area (Å²) in [7, 11) is 2.88. The zero-order valence-corrected chi connectivity index (χ0v) is 14.4. The summed E-state index contributed by atoms with van der Waals surface area (Å²) in [6.07, 6.45) is 3.52. The van der Waals surface area contributed by atoms with Gasteiger partial charge in [0.2, 0.25) is 0 Å². The van der Waals surface area contributed by atoms with Gasteiger partial charge in [-0.3, -0.25) is 18.9 Å². The van der Waals surface area contributed by atoms with Gasteiger partial charge in [0.1, 0.15) is 11.9 Å². The first-order valence-electron chi connectivity index (χ1n) is 7.96. The number of hydrogen-bond acceptors (Lipinski definition) is 5. The number of nitrogens with one attached hydrogen (secondary N) is 1. The number of nitrogens with zero attached hydrogens (tertiary/aromatic N) is 4. The molecule has 7 heteroatoms. The van der Waals surface area contributed by atoms with E-state index in [2.05, 4.69) is 10.3 Å². The van der Waals surface area contributed by atoms with Crippen molar-refractivity contribution >= 4 is 5.82 Å². The molecule has 3 rings (SSSR count). The summed E-state index contributed by atoms with van der Waals surface area (Å²) in [6.45, 7) is 0.377. The Kier molecular flexibility index (Phi) is 4.67. The van der Waals surface area contributed by atoms with Crippen LogP contribution in [0.1, 0.15) is 11.1 Å². The fraction of sp³-hybridized carbons (Fsp3) is 0.158. The second kappa shape index (κ2) is 7.07. The van der Waals surface area contributed by atoms with Crippen LogP contribution in [-0.2, 0) is 20.6 Å². The van der Waals surface area contributed by atoms with Gasteiger partial charge in [0, 0.05) is 33.0 Å². The van der Waals surface area contributed by atoms with Gasteiger partial charge in [-0.15, -0.1) is 0 Å². The van der Waals surface area contributed by atoms with Crippen LogP contribution in [0.3, 0.4) is 0 Å². The number of rotatable bonds is 4. The SMILES string of the molecule is Cn1c(NCc2ccc(-c3cccnc3)cc2)c(C#N)c(=O)n(C)c1=O. The molecule has 1 aromatic carbocycles. The molecule has 0 bridgehead atoms. The monoisotopic (exact) mass is 347 g/mol. The molecule has 0 radical (unpaired) electrons. The van der Waals surface area contributed by atoms with Gasteiger partial charge in [0.15, 0.2) is 5.56 Å². The molecule has 7 nitrogen and oxygen atoms in total. The van der Waals surface area contributed by atoms with Crippen molar-refractivity contribution in [2.24, 2.45) is 14.1 Å². The maximum Gasteiger partial charge on any atom is 0.332 e. The topological polar surface area (TPSA) is 92.7 Å². The summed E-state index contributed by atoms with van der Waals surface area (Å²) in [5.41, 5.74) is 1.85. The summed E-state index contributed by atoms with van der Waals surface area (Å²) in [5, 5.41) is 12.3. The molecule has 0 spiro atoms. The molecule has 0 aliphatic rings. The highest BCUT2D eigenvalue weighted by molar-refractivity contribution is 5.62. The molecule has 0 atom stereocenters. The maximum atomic E-state index is 12.1. The summed E-state index contributed by atoms with van der Waals surface area (Å²) in [6, 6.07) is 13.6. The summed E-state index contributed by atoms with van der Waals surface area (Å²) in [5.74, 6) is 0.219. The first-order chi connectivity index (χ1) is 12.5. The van der Waals surface area contributed by atoms with E-state index < -0.39 is 11.2 Å². The van der Waals surface area contributed by atoms with Crippen LogP contribution in [-0.4, -0.2) is 14.1 Å². The van der Waals surface area contributed by atoms with Crippen LogP contribution in [0.15, 0.2) is 58.4 Å². The molecule has 0 amide bonds.